The largest absolute Gasteiger partial charge is 1.00 e. The van der Waals surface area contributed by atoms with Crippen molar-refractivity contribution >= 4 is 22.7 Å². The number of aromatic nitrogens is 1. The summed E-state index contributed by atoms with van der Waals surface area (Å²) in [7, 11) is 0. The van der Waals surface area contributed by atoms with Crippen LogP contribution in [0, 0.1) is 0 Å². The van der Waals surface area contributed by atoms with Crippen molar-refractivity contribution in [3.05, 3.63) is 92.5 Å². The van der Waals surface area contributed by atoms with Gasteiger partial charge in [-0.1, -0.05) is 0 Å². The van der Waals surface area contributed by atoms with Gasteiger partial charge in [-0.3, -0.25) is 0 Å². The monoisotopic (exact) mass is 567 g/mol. The summed E-state index contributed by atoms with van der Waals surface area (Å²) in [4.78, 5) is 0. The van der Waals surface area contributed by atoms with E-state index >= 15 is 0 Å². The van der Waals surface area contributed by atoms with Crippen molar-refractivity contribution < 1.29 is 32.3 Å². The first-order chi connectivity index (χ1) is 13.9. The van der Waals surface area contributed by atoms with Gasteiger partial charge in [-0.25, -0.2) is 0 Å². The van der Waals surface area contributed by atoms with Crippen LogP contribution < -0.4 is 9.41 Å². The van der Waals surface area contributed by atoms with Crippen molar-refractivity contribution in [1.29, 1.82) is 0 Å². The number of rotatable bonds is 3. The van der Waals surface area contributed by atoms with E-state index in [9.17, 15) is 0 Å². The Balaban J connectivity index is 0.00000109. The molecule has 0 radical (unpaired) electrons. The van der Waals surface area contributed by atoms with Gasteiger partial charge >= 0.3 is 178 Å². The van der Waals surface area contributed by atoms with E-state index in [4.69, 9.17) is 0 Å². The maximum Gasteiger partial charge on any atom is -1.00 e. The molecule has 150 valence electrons. The first kappa shape index (κ1) is 21.2. The van der Waals surface area contributed by atoms with Gasteiger partial charge in [0, 0.05) is 0 Å². The molecule has 0 aliphatic heterocycles. The molecule has 0 saturated carbocycles. The Labute approximate surface area is 187 Å². The number of halogens is 2. The van der Waals surface area contributed by atoms with Gasteiger partial charge in [-0.2, -0.15) is 0 Å². The number of nitrogens with zero attached hydrogens (tertiary/aromatic N) is 1. The van der Waals surface area contributed by atoms with E-state index in [1.54, 1.807) is 25.8 Å². The second kappa shape index (κ2) is 8.58. The van der Waals surface area contributed by atoms with Gasteiger partial charge in [-0.05, 0) is 0 Å². The molecular weight excluding hydrogens is 543 g/mol. The van der Waals surface area contributed by atoms with Crippen molar-refractivity contribution in [3.63, 3.8) is 0 Å². The average Bonchev–Trinajstić information content (AvgIpc) is 3.45. The van der Waals surface area contributed by atoms with Gasteiger partial charge in [0.2, 0.25) is 0 Å². The van der Waals surface area contributed by atoms with Crippen LogP contribution in [0.2, 0.25) is 0 Å². The summed E-state index contributed by atoms with van der Waals surface area (Å²) in [6.07, 6.45) is 15.8. The SMILES string of the molecule is C1=CC[C]([Hf+2][CH]2C(n3c4c(c5ccccc53)CCCC4)=Cc3ccccc32)=C1.[F-].[F-]. The number of hydrogen-bond donors (Lipinski definition) is 0. The second-order valence-electron chi connectivity index (χ2n) is 8.08. The van der Waals surface area contributed by atoms with E-state index in [2.05, 4.69) is 77.4 Å². The number of allylic oxidation sites excluding steroid dienone is 5. The summed E-state index contributed by atoms with van der Waals surface area (Å²) in [6.45, 7) is 0. The van der Waals surface area contributed by atoms with E-state index in [0.717, 1.165) is 0 Å². The van der Waals surface area contributed by atoms with Crippen LogP contribution in [0.5, 0.6) is 0 Å². The van der Waals surface area contributed by atoms with Gasteiger partial charge in [0.25, 0.3) is 0 Å². The topological polar surface area (TPSA) is 4.93 Å². The van der Waals surface area contributed by atoms with Crippen LogP contribution in [0.15, 0.2) is 70.1 Å². The molecular formula is C26H23F2HfN. The standard InChI is InChI=1S/C21H18N.C5H5.2FH.Hf/c1-2-8-16-14-17(13-15(16)7-1)22-20-11-5-3-9-18(20)19-10-4-6-12-21(19)22;1-2-4-5-3-1;;;/h1-3,5,7-9,11,13-14H,4,6,10,12H2;1-3H,4H2;2*1H;/q;;;;+2/p-2. The van der Waals surface area contributed by atoms with Gasteiger partial charge in [-0.15, -0.1) is 0 Å². The molecule has 30 heavy (non-hydrogen) atoms. The first-order valence-electron chi connectivity index (χ1n) is 10.4. The molecule has 3 aliphatic rings. The fraction of sp³-hybridized carbons (Fsp3) is 0.231. The predicted molar refractivity (Wildman–Crippen MR) is 114 cm³/mol. The maximum atomic E-state index is 2.68. The summed E-state index contributed by atoms with van der Waals surface area (Å²) in [6, 6.07) is 18.3. The summed E-state index contributed by atoms with van der Waals surface area (Å²) in [5.41, 5.74) is 9.24. The van der Waals surface area contributed by atoms with Crippen LogP contribution in [0.3, 0.4) is 0 Å². The third kappa shape index (κ3) is 3.30. The Morgan fingerprint density at radius 1 is 0.900 bits per heavy atom. The molecule has 1 nitrogen and oxygen atoms in total. The first-order valence-corrected chi connectivity index (χ1v) is 14.3. The minimum absolute atomic E-state index is 0. The molecule has 0 fully saturated rings. The molecule has 0 N–H and O–H groups in total. The van der Waals surface area contributed by atoms with Crippen LogP contribution >= 0.6 is 0 Å². The van der Waals surface area contributed by atoms with Crippen molar-refractivity contribution in [3.8, 4) is 0 Å². The smallest absolute Gasteiger partial charge is 1.00 e. The summed E-state index contributed by atoms with van der Waals surface area (Å²) in [5.74, 6) is 0. The molecule has 2 aromatic carbocycles. The third-order valence-corrected chi connectivity index (χ3v) is 12.3. The molecule has 1 aromatic heterocycles. The number of para-hydroxylation sites is 1. The third-order valence-electron chi connectivity index (χ3n) is 6.44. The number of benzene rings is 2. The zero-order valence-electron chi connectivity index (χ0n) is 16.7. The molecule has 6 rings (SSSR count). The van der Waals surface area contributed by atoms with Crippen LogP contribution in [-0.2, 0) is 35.7 Å². The molecule has 1 unspecified atom stereocenters. The Bertz CT molecular complexity index is 1180. The number of hydrogen-bond acceptors (Lipinski definition) is 0. The second-order valence-corrected chi connectivity index (χ2v) is 13.5. The molecule has 1 heterocycles. The quantitative estimate of drug-likeness (QED) is 0.408. The summed E-state index contributed by atoms with van der Waals surface area (Å²) >= 11 is -1.00. The average molecular weight is 566 g/mol. The maximum absolute atomic E-state index is 2.68. The van der Waals surface area contributed by atoms with Crippen molar-refractivity contribution in [2.45, 2.75) is 35.8 Å². The van der Waals surface area contributed by atoms with Gasteiger partial charge in [0.05, 0.1) is 0 Å². The van der Waals surface area contributed by atoms with E-state index in [1.807, 2.05) is 0 Å². The Kier molecular flexibility index (Phi) is 6.06. The van der Waals surface area contributed by atoms with E-state index in [1.165, 1.54) is 48.6 Å². The Hall–Kier alpha value is -2.07. The van der Waals surface area contributed by atoms with Crippen LogP contribution in [-0.4, -0.2) is 4.57 Å². The zero-order valence-corrected chi connectivity index (χ0v) is 20.3. The molecule has 0 amide bonds. The minimum atomic E-state index is -1.00. The van der Waals surface area contributed by atoms with Crippen LogP contribution in [0.1, 0.15) is 45.3 Å². The zero-order chi connectivity index (χ0) is 18.5. The molecule has 4 heteroatoms. The molecule has 3 aliphatic carbocycles. The van der Waals surface area contributed by atoms with Gasteiger partial charge < -0.3 is 9.41 Å². The van der Waals surface area contributed by atoms with Crippen molar-refractivity contribution in [2.24, 2.45) is 0 Å². The fourth-order valence-electron chi connectivity index (χ4n) is 5.18. The summed E-state index contributed by atoms with van der Waals surface area (Å²) in [5, 5.41) is 1.49. The Morgan fingerprint density at radius 3 is 2.57 bits per heavy atom. The van der Waals surface area contributed by atoms with Crippen molar-refractivity contribution in [2.75, 3.05) is 0 Å². The van der Waals surface area contributed by atoms with E-state index in [-0.39, 0.29) is 9.41 Å². The van der Waals surface area contributed by atoms with Crippen molar-refractivity contribution in [1.82, 2.24) is 4.57 Å². The molecule has 0 bridgehead atoms. The molecule has 0 saturated heterocycles. The van der Waals surface area contributed by atoms with E-state index < -0.39 is 22.9 Å². The van der Waals surface area contributed by atoms with Crippen LogP contribution in [0.25, 0.3) is 22.7 Å². The van der Waals surface area contributed by atoms with E-state index in [0.29, 0.717) is 3.67 Å². The van der Waals surface area contributed by atoms with Gasteiger partial charge in [0.15, 0.2) is 0 Å². The normalized spacial score (nSPS) is 18.6. The predicted octanol–water partition coefficient (Wildman–Crippen LogP) is 0.507. The van der Waals surface area contributed by atoms with Gasteiger partial charge in [0.1, 0.15) is 0 Å². The summed E-state index contributed by atoms with van der Waals surface area (Å²) < 4.78 is 5.08. The number of aryl methyl sites for hydroxylation is 1. The minimum Gasteiger partial charge on any atom is -1.00 e. The Morgan fingerprint density at radius 2 is 1.70 bits per heavy atom. The number of fused-ring (bicyclic) bond motifs is 4. The molecule has 3 aromatic rings. The molecule has 1 atom stereocenters. The molecule has 0 spiro atoms. The van der Waals surface area contributed by atoms with Crippen LogP contribution in [0.4, 0.5) is 0 Å². The fourth-order valence-corrected chi connectivity index (χ4v) is 10.9.